The molecule has 1 heterocycles. The van der Waals surface area contributed by atoms with Gasteiger partial charge in [0.1, 0.15) is 11.2 Å². The van der Waals surface area contributed by atoms with Gasteiger partial charge in [0.2, 0.25) is 0 Å². The van der Waals surface area contributed by atoms with E-state index < -0.39 is 0 Å². The lowest BCUT2D eigenvalue weighted by Crippen LogP contribution is -2.09. The fraction of sp³-hybridized carbons (Fsp3) is 0.0588. The summed E-state index contributed by atoms with van der Waals surface area (Å²) in [5.74, 6) is 0.576. The third-order valence-corrected chi connectivity index (χ3v) is 3.63. The van der Waals surface area contributed by atoms with Crippen molar-refractivity contribution in [2.24, 2.45) is 0 Å². The second kappa shape index (κ2) is 3.90. The van der Waals surface area contributed by atoms with Crippen LogP contribution in [0.4, 0.5) is 0 Å². The molecule has 4 rings (SSSR count). The number of rotatable bonds is 0. The molecule has 0 fully saturated rings. The molecule has 1 aliphatic heterocycles. The molecular weight excluding hydrogens is 250 g/mol. The summed E-state index contributed by atoms with van der Waals surface area (Å²) in [4.78, 5) is 17.1. The maximum absolute atomic E-state index is 12.4. The molecule has 3 nitrogen and oxygen atoms in total. The average molecular weight is 261 g/mol. The van der Waals surface area contributed by atoms with Crippen molar-refractivity contribution >= 4 is 21.9 Å². The highest BCUT2D eigenvalue weighted by atomic mass is 16.3. The van der Waals surface area contributed by atoms with E-state index in [1.54, 1.807) is 6.92 Å². The van der Waals surface area contributed by atoms with Gasteiger partial charge < -0.3 is 4.42 Å². The summed E-state index contributed by atoms with van der Waals surface area (Å²) in [5, 5.41) is 1.53. The van der Waals surface area contributed by atoms with Gasteiger partial charge in [-0.1, -0.05) is 36.4 Å². The Bertz CT molecular complexity index is 985. The number of fused-ring (bicyclic) bond motifs is 4. The summed E-state index contributed by atoms with van der Waals surface area (Å²) < 4.78 is 5.90. The topological polar surface area (TPSA) is 43.1 Å². The van der Waals surface area contributed by atoms with Crippen LogP contribution in [0.3, 0.4) is 0 Å². The third kappa shape index (κ3) is 1.40. The van der Waals surface area contributed by atoms with Gasteiger partial charge in [0, 0.05) is 16.3 Å². The summed E-state index contributed by atoms with van der Waals surface area (Å²) in [5.41, 5.74) is 2.85. The lowest BCUT2D eigenvalue weighted by atomic mass is 10.0. The Morgan fingerprint density at radius 2 is 1.65 bits per heavy atom. The van der Waals surface area contributed by atoms with Crippen LogP contribution >= 0.6 is 0 Å². The van der Waals surface area contributed by atoms with Crippen molar-refractivity contribution in [2.75, 3.05) is 0 Å². The van der Waals surface area contributed by atoms with Crippen LogP contribution in [0.25, 0.3) is 33.3 Å². The SMILES string of the molecule is Cc1c2oc3ccccc3nc-2c2ccccc2c1=O. The van der Waals surface area contributed by atoms with Crippen LogP contribution in [0.5, 0.6) is 0 Å². The van der Waals surface area contributed by atoms with Crippen LogP contribution in [0.2, 0.25) is 0 Å². The summed E-state index contributed by atoms with van der Waals surface area (Å²) in [7, 11) is 0. The molecule has 0 saturated heterocycles. The molecule has 2 aromatic rings. The Kier molecular flexibility index (Phi) is 2.18. The average Bonchev–Trinajstić information content (AvgIpc) is 2.51. The van der Waals surface area contributed by atoms with E-state index in [0.717, 1.165) is 16.6 Å². The van der Waals surface area contributed by atoms with Gasteiger partial charge in [0.15, 0.2) is 16.8 Å². The molecule has 0 N–H and O–H groups in total. The predicted molar refractivity (Wildman–Crippen MR) is 79.1 cm³/mol. The molecular formula is C17H11NO2. The first-order chi connectivity index (χ1) is 9.75. The molecule has 0 aromatic heterocycles. The minimum atomic E-state index is 0.00827. The Morgan fingerprint density at radius 1 is 0.950 bits per heavy atom. The first-order valence-electron chi connectivity index (χ1n) is 6.46. The van der Waals surface area contributed by atoms with E-state index in [4.69, 9.17) is 4.42 Å². The summed E-state index contributed by atoms with van der Waals surface area (Å²) in [6.07, 6.45) is 0. The maximum Gasteiger partial charge on any atom is 0.193 e. The molecule has 96 valence electrons. The van der Waals surface area contributed by atoms with Crippen LogP contribution in [0.15, 0.2) is 57.7 Å². The minimum absolute atomic E-state index is 0.00827. The fourth-order valence-electron chi connectivity index (χ4n) is 2.59. The number of para-hydroxylation sites is 2. The van der Waals surface area contributed by atoms with Crippen LogP contribution in [-0.4, -0.2) is 4.98 Å². The molecule has 0 bridgehead atoms. The van der Waals surface area contributed by atoms with Gasteiger partial charge in [-0.05, 0) is 19.1 Å². The van der Waals surface area contributed by atoms with Gasteiger partial charge in [-0.3, -0.25) is 4.79 Å². The number of hydrogen-bond donors (Lipinski definition) is 0. The highest BCUT2D eigenvalue weighted by Crippen LogP contribution is 2.32. The van der Waals surface area contributed by atoms with E-state index in [0.29, 0.717) is 22.3 Å². The lowest BCUT2D eigenvalue weighted by molar-refractivity contribution is 0.609. The Morgan fingerprint density at radius 3 is 2.50 bits per heavy atom. The third-order valence-electron chi connectivity index (χ3n) is 3.63. The molecule has 0 spiro atoms. The van der Waals surface area contributed by atoms with Crippen molar-refractivity contribution < 1.29 is 4.42 Å². The second-order valence-electron chi connectivity index (χ2n) is 4.86. The van der Waals surface area contributed by atoms with Gasteiger partial charge in [0.05, 0.1) is 0 Å². The molecule has 0 atom stereocenters. The quantitative estimate of drug-likeness (QED) is 0.357. The van der Waals surface area contributed by atoms with E-state index >= 15 is 0 Å². The molecule has 2 aromatic carbocycles. The standard InChI is InChI=1S/C17H11NO2/c1-10-16(19)12-7-3-2-6-11(12)15-17(10)20-14-9-5-4-8-13(14)18-15/h2-9H,1H3. The van der Waals surface area contributed by atoms with E-state index in [2.05, 4.69) is 4.98 Å². The Hall–Kier alpha value is -2.68. The van der Waals surface area contributed by atoms with Gasteiger partial charge in [0.25, 0.3) is 0 Å². The molecule has 1 aliphatic carbocycles. The fourth-order valence-corrected chi connectivity index (χ4v) is 2.59. The number of aromatic nitrogens is 1. The lowest BCUT2D eigenvalue weighted by Gasteiger charge is -2.11. The first kappa shape index (κ1) is 11.2. The van der Waals surface area contributed by atoms with Crippen molar-refractivity contribution in [2.45, 2.75) is 6.92 Å². The number of benzene rings is 3. The van der Waals surface area contributed by atoms with Crippen molar-refractivity contribution in [3.8, 4) is 11.5 Å². The molecule has 0 saturated carbocycles. The van der Waals surface area contributed by atoms with Crippen LogP contribution in [0, 0.1) is 6.92 Å². The van der Waals surface area contributed by atoms with E-state index in [1.807, 2.05) is 48.5 Å². The largest absolute Gasteiger partial charge is 0.452 e. The minimum Gasteiger partial charge on any atom is -0.452 e. The van der Waals surface area contributed by atoms with E-state index in [-0.39, 0.29) is 5.43 Å². The first-order valence-corrected chi connectivity index (χ1v) is 6.46. The van der Waals surface area contributed by atoms with E-state index in [9.17, 15) is 4.79 Å². The van der Waals surface area contributed by atoms with Gasteiger partial charge in [-0.2, -0.15) is 0 Å². The number of hydrogen-bond acceptors (Lipinski definition) is 3. The van der Waals surface area contributed by atoms with Crippen molar-refractivity contribution in [3.05, 3.63) is 64.3 Å². The molecule has 3 heteroatoms. The molecule has 2 aliphatic rings. The van der Waals surface area contributed by atoms with Crippen molar-refractivity contribution in [1.82, 2.24) is 4.98 Å². The smallest absolute Gasteiger partial charge is 0.193 e. The Labute approximate surface area is 114 Å². The van der Waals surface area contributed by atoms with Crippen molar-refractivity contribution in [1.29, 1.82) is 0 Å². The normalized spacial score (nSPS) is 11.4. The monoisotopic (exact) mass is 261 g/mol. The highest BCUT2D eigenvalue weighted by Gasteiger charge is 2.18. The highest BCUT2D eigenvalue weighted by molar-refractivity contribution is 5.97. The van der Waals surface area contributed by atoms with Crippen LogP contribution in [0.1, 0.15) is 5.56 Å². The zero-order chi connectivity index (χ0) is 13.7. The Balaban J connectivity index is 2.34. The van der Waals surface area contributed by atoms with Gasteiger partial charge >= 0.3 is 0 Å². The number of nitrogens with zero attached hydrogens (tertiary/aromatic N) is 1. The summed E-state index contributed by atoms with van der Waals surface area (Å²) >= 11 is 0. The van der Waals surface area contributed by atoms with Crippen LogP contribution in [-0.2, 0) is 0 Å². The van der Waals surface area contributed by atoms with Crippen molar-refractivity contribution in [3.63, 3.8) is 0 Å². The molecule has 0 amide bonds. The van der Waals surface area contributed by atoms with Gasteiger partial charge in [-0.25, -0.2) is 4.98 Å². The molecule has 0 radical (unpaired) electrons. The predicted octanol–water partition coefficient (Wildman–Crippen LogP) is 3.75. The van der Waals surface area contributed by atoms with E-state index in [1.165, 1.54) is 0 Å². The maximum atomic E-state index is 12.4. The van der Waals surface area contributed by atoms with Crippen LogP contribution < -0.4 is 5.43 Å². The second-order valence-corrected chi connectivity index (χ2v) is 4.86. The zero-order valence-electron chi connectivity index (χ0n) is 10.9. The van der Waals surface area contributed by atoms with Gasteiger partial charge in [-0.15, -0.1) is 0 Å². The summed E-state index contributed by atoms with van der Waals surface area (Å²) in [6, 6.07) is 15.1. The molecule has 0 unspecified atom stereocenters. The molecule has 20 heavy (non-hydrogen) atoms. The summed E-state index contributed by atoms with van der Waals surface area (Å²) in [6.45, 7) is 1.79. The zero-order valence-corrected chi connectivity index (χ0v) is 10.9.